The number of aromatic nitrogens is 1. The molecule has 1 aromatic carbocycles. The molecule has 8 nitrogen and oxygen atoms in total. The number of amides is 1. The van der Waals surface area contributed by atoms with Crippen LogP contribution in [0.1, 0.15) is 46.7 Å². The van der Waals surface area contributed by atoms with Crippen LogP contribution in [0.4, 0.5) is 8.78 Å². The highest BCUT2D eigenvalue weighted by molar-refractivity contribution is 6.00. The Kier molecular flexibility index (Phi) is 6.93. The maximum absolute atomic E-state index is 13.8. The van der Waals surface area contributed by atoms with E-state index in [2.05, 4.69) is 0 Å². The van der Waals surface area contributed by atoms with Gasteiger partial charge in [-0.05, 0) is 31.9 Å². The SMILES string of the molecule is CC(C)OCCN1CN(C)n2cc(C(=O)CCc3ccc(F)cc3F)c(=O)c(O)c2C1=O. The molecule has 0 spiro atoms. The average Bonchev–Trinajstić information content (AvgIpc) is 2.72. The zero-order chi connectivity index (χ0) is 23.6. The van der Waals surface area contributed by atoms with E-state index in [1.807, 2.05) is 13.8 Å². The predicted octanol–water partition coefficient (Wildman–Crippen LogP) is 2.05. The van der Waals surface area contributed by atoms with Crippen molar-refractivity contribution in [1.29, 1.82) is 0 Å². The van der Waals surface area contributed by atoms with Crippen molar-refractivity contribution in [2.75, 3.05) is 31.9 Å². The number of rotatable bonds is 8. The highest BCUT2D eigenvalue weighted by Crippen LogP contribution is 2.21. The van der Waals surface area contributed by atoms with Crippen LogP contribution in [-0.4, -0.2) is 59.3 Å². The second kappa shape index (κ2) is 9.47. The molecule has 3 rings (SSSR count). The maximum atomic E-state index is 13.8. The lowest BCUT2D eigenvalue weighted by Gasteiger charge is -2.37. The number of aromatic hydroxyl groups is 1. The molecule has 1 N–H and O–H groups in total. The van der Waals surface area contributed by atoms with Crippen molar-refractivity contribution < 1.29 is 28.2 Å². The number of benzene rings is 1. The normalized spacial score (nSPS) is 13.6. The Morgan fingerprint density at radius 3 is 2.62 bits per heavy atom. The van der Waals surface area contributed by atoms with E-state index in [4.69, 9.17) is 4.74 Å². The fraction of sp³-hybridized carbons (Fsp3) is 0.409. The molecular weight excluding hydrogens is 424 g/mol. The predicted molar refractivity (Wildman–Crippen MR) is 113 cm³/mol. The number of Topliss-reactive ketones (excluding diaryl/α,β-unsaturated/α-hetero) is 1. The Labute approximate surface area is 183 Å². The van der Waals surface area contributed by atoms with Crippen molar-refractivity contribution in [2.24, 2.45) is 0 Å². The monoisotopic (exact) mass is 449 g/mol. The third-order valence-corrected chi connectivity index (χ3v) is 5.15. The van der Waals surface area contributed by atoms with Gasteiger partial charge in [0.1, 0.15) is 18.3 Å². The van der Waals surface area contributed by atoms with Gasteiger partial charge in [-0.25, -0.2) is 8.78 Å². The van der Waals surface area contributed by atoms with Gasteiger partial charge in [0.25, 0.3) is 5.91 Å². The third kappa shape index (κ3) is 4.80. The van der Waals surface area contributed by atoms with Crippen LogP contribution in [0.15, 0.2) is 29.2 Å². The number of ether oxygens (including phenoxy) is 1. The molecule has 2 aromatic rings. The number of hydrogen-bond donors (Lipinski definition) is 1. The molecule has 32 heavy (non-hydrogen) atoms. The van der Waals surface area contributed by atoms with Gasteiger partial charge < -0.3 is 14.7 Å². The zero-order valence-corrected chi connectivity index (χ0v) is 18.1. The molecule has 10 heteroatoms. The van der Waals surface area contributed by atoms with Crippen LogP contribution in [0.2, 0.25) is 0 Å². The number of aryl methyl sites for hydroxylation is 1. The van der Waals surface area contributed by atoms with E-state index in [0.717, 1.165) is 12.1 Å². The molecule has 0 unspecified atom stereocenters. The van der Waals surface area contributed by atoms with Crippen LogP contribution in [0.25, 0.3) is 0 Å². The van der Waals surface area contributed by atoms with Crippen LogP contribution in [0.5, 0.6) is 5.75 Å². The standard InChI is InChI=1S/C22H25F2N3O5/c1-13(2)32-9-8-26-12-25(3)27-11-16(20(29)21(30)19(27)22(26)31)18(28)7-5-14-4-6-15(23)10-17(14)24/h4,6,10-11,13,30H,5,7-9,12H2,1-3H3. The third-order valence-electron chi connectivity index (χ3n) is 5.15. The number of hydrogen-bond acceptors (Lipinski definition) is 6. The minimum absolute atomic E-state index is 0.00659. The summed E-state index contributed by atoms with van der Waals surface area (Å²) in [6.45, 7) is 4.45. The molecular formula is C22H25F2N3O5. The first-order chi connectivity index (χ1) is 15.1. The smallest absolute Gasteiger partial charge is 0.277 e. The van der Waals surface area contributed by atoms with Gasteiger partial charge in [0, 0.05) is 32.3 Å². The van der Waals surface area contributed by atoms with Crippen molar-refractivity contribution in [3.63, 3.8) is 0 Å². The van der Waals surface area contributed by atoms with Crippen molar-refractivity contribution in [2.45, 2.75) is 32.8 Å². The first kappa shape index (κ1) is 23.4. The van der Waals surface area contributed by atoms with Crippen molar-refractivity contribution in [3.05, 3.63) is 63.1 Å². The van der Waals surface area contributed by atoms with Gasteiger partial charge in [-0.2, -0.15) is 0 Å². The van der Waals surface area contributed by atoms with Gasteiger partial charge in [0.15, 0.2) is 17.2 Å². The van der Waals surface area contributed by atoms with Crippen molar-refractivity contribution in [1.82, 2.24) is 9.58 Å². The largest absolute Gasteiger partial charge is 0.502 e. The molecule has 172 valence electrons. The summed E-state index contributed by atoms with van der Waals surface area (Å²) in [5, 5.41) is 12.0. The number of carbonyl (C=O) groups excluding carboxylic acids is 2. The Morgan fingerprint density at radius 2 is 1.97 bits per heavy atom. The summed E-state index contributed by atoms with van der Waals surface area (Å²) in [5.74, 6) is -3.52. The van der Waals surface area contributed by atoms with Crippen LogP contribution >= 0.6 is 0 Å². The number of ketones is 1. The van der Waals surface area contributed by atoms with Gasteiger partial charge in [0.2, 0.25) is 5.43 Å². The first-order valence-electron chi connectivity index (χ1n) is 10.2. The van der Waals surface area contributed by atoms with E-state index in [1.165, 1.54) is 21.8 Å². The molecule has 0 atom stereocenters. The van der Waals surface area contributed by atoms with Crippen molar-refractivity contribution in [3.8, 4) is 5.75 Å². The lowest BCUT2D eigenvalue weighted by atomic mass is 10.0. The minimum atomic E-state index is -0.970. The number of nitrogens with zero attached hydrogens (tertiary/aromatic N) is 3. The van der Waals surface area contributed by atoms with E-state index in [0.29, 0.717) is 6.61 Å². The Hall–Kier alpha value is -3.27. The summed E-state index contributed by atoms with van der Waals surface area (Å²) in [7, 11) is 1.64. The van der Waals surface area contributed by atoms with E-state index >= 15 is 0 Å². The Morgan fingerprint density at radius 1 is 1.25 bits per heavy atom. The number of fused-ring (bicyclic) bond motifs is 1. The number of carbonyl (C=O) groups is 2. The van der Waals surface area contributed by atoms with E-state index < -0.39 is 34.5 Å². The summed E-state index contributed by atoms with van der Waals surface area (Å²) >= 11 is 0. The second-order valence-corrected chi connectivity index (χ2v) is 7.86. The van der Waals surface area contributed by atoms with Crippen LogP contribution in [-0.2, 0) is 11.2 Å². The van der Waals surface area contributed by atoms with Crippen molar-refractivity contribution >= 4 is 11.7 Å². The molecule has 1 amide bonds. The van der Waals surface area contributed by atoms with Gasteiger partial charge in [-0.1, -0.05) is 6.07 Å². The Bertz CT molecular complexity index is 1100. The van der Waals surface area contributed by atoms with Crippen LogP contribution in [0, 0.1) is 11.6 Å². The molecule has 0 radical (unpaired) electrons. The van der Waals surface area contributed by atoms with Gasteiger partial charge >= 0.3 is 0 Å². The molecule has 0 bridgehead atoms. The molecule has 1 aliphatic rings. The second-order valence-electron chi connectivity index (χ2n) is 7.86. The van der Waals surface area contributed by atoms with Crippen LogP contribution in [0.3, 0.4) is 0 Å². The van der Waals surface area contributed by atoms with E-state index in [-0.39, 0.29) is 49.0 Å². The molecule has 1 aromatic heterocycles. The zero-order valence-electron chi connectivity index (χ0n) is 18.1. The summed E-state index contributed by atoms with van der Waals surface area (Å²) < 4.78 is 33.6. The van der Waals surface area contributed by atoms with E-state index in [9.17, 15) is 28.3 Å². The topological polar surface area (TPSA) is 92.1 Å². The fourth-order valence-corrected chi connectivity index (χ4v) is 3.46. The summed E-state index contributed by atoms with van der Waals surface area (Å²) in [4.78, 5) is 39.6. The molecule has 2 heterocycles. The summed E-state index contributed by atoms with van der Waals surface area (Å²) in [6.07, 6.45) is 0.923. The highest BCUT2D eigenvalue weighted by atomic mass is 19.1. The molecule has 0 saturated carbocycles. The first-order valence-corrected chi connectivity index (χ1v) is 10.2. The number of halogens is 2. The molecule has 0 fully saturated rings. The lowest BCUT2D eigenvalue weighted by Crippen LogP contribution is -2.53. The number of pyridine rings is 1. The summed E-state index contributed by atoms with van der Waals surface area (Å²) in [5.41, 5.74) is -1.39. The lowest BCUT2D eigenvalue weighted by molar-refractivity contribution is 0.0435. The Balaban J connectivity index is 1.83. The van der Waals surface area contributed by atoms with E-state index in [1.54, 1.807) is 12.1 Å². The average molecular weight is 449 g/mol. The minimum Gasteiger partial charge on any atom is -0.502 e. The van der Waals surface area contributed by atoms with Gasteiger partial charge in [-0.3, -0.25) is 24.1 Å². The molecule has 0 saturated heterocycles. The fourth-order valence-electron chi connectivity index (χ4n) is 3.46. The van der Waals surface area contributed by atoms with Crippen LogP contribution < -0.4 is 10.4 Å². The highest BCUT2D eigenvalue weighted by Gasteiger charge is 2.33. The maximum Gasteiger partial charge on any atom is 0.277 e. The molecule has 0 aliphatic carbocycles. The quantitative estimate of drug-likeness (QED) is 0.621. The van der Waals surface area contributed by atoms with Gasteiger partial charge in [-0.15, -0.1) is 0 Å². The summed E-state index contributed by atoms with van der Waals surface area (Å²) in [6, 6.07) is 3.04. The molecule has 1 aliphatic heterocycles. The van der Waals surface area contributed by atoms with Gasteiger partial charge in [0.05, 0.1) is 18.3 Å².